The normalized spacial score (nSPS) is 11.6. The van der Waals surface area contributed by atoms with Gasteiger partial charge in [-0.2, -0.15) is 0 Å². The molecule has 1 aromatic rings. The van der Waals surface area contributed by atoms with Crippen molar-refractivity contribution < 1.29 is 40.6 Å². The number of ether oxygens (including phenoxy) is 2. The van der Waals surface area contributed by atoms with Crippen LogP contribution in [0.25, 0.3) is 5.73 Å². The standard InChI is InChI=1S/C10H13NO2.U/c1-3-13-10(11)8-6-4-5-7-9(8)12-2;/h4-7,10-11H,1,3H2,2H3;/q-2;+2. The van der Waals surface area contributed by atoms with E-state index in [0.717, 1.165) is 5.56 Å². The van der Waals surface area contributed by atoms with Crippen LogP contribution in [0.2, 0.25) is 0 Å². The molecule has 0 aliphatic rings. The van der Waals surface area contributed by atoms with E-state index in [2.05, 4.69) is 6.92 Å². The fourth-order valence-corrected chi connectivity index (χ4v) is 1.09. The molecule has 0 bridgehead atoms. The van der Waals surface area contributed by atoms with Gasteiger partial charge in [-0.1, -0.05) is 24.8 Å². The van der Waals surface area contributed by atoms with Crippen molar-refractivity contribution in [3.63, 3.8) is 0 Å². The second-order valence-electron chi connectivity index (χ2n) is 2.49. The van der Waals surface area contributed by atoms with Gasteiger partial charge in [0, 0.05) is 5.56 Å². The Morgan fingerprint density at radius 2 is 2.07 bits per heavy atom. The zero-order valence-corrected chi connectivity index (χ0v) is 12.3. The van der Waals surface area contributed by atoms with Crippen LogP contribution in [0.5, 0.6) is 5.75 Å². The summed E-state index contributed by atoms with van der Waals surface area (Å²) in [6, 6.07) is 7.33. The Labute approximate surface area is 108 Å². The summed E-state index contributed by atoms with van der Waals surface area (Å²) >= 11 is 0. The largest absolute Gasteiger partial charge is 2.00 e. The van der Waals surface area contributed by atoms with Crippen LogP contribution in [0.4, 0.5) is 0 Å². The topological polar surface area (TPSA) is 42.3 Å². The smallest absolute Gasteiger partial charge is 0.648 e. The van der Waals surface area contributed by atoms with Gasteiger partial charge >= 0.3 is 31.1 Å². The molecule has 0 heterocycles. The van der Waals surface area contributed by atoms with Gasteiger partial charge in [-0.05, 0) is 12.3 Å². The van der Waals surface area contributed by atoms with Gasteiger partial charge in [0.1, 0.15) is 5.75 Å². The molecular formula is C10H13NO2U. The second-order valence-corrected chi connectivity index (χ2v) is 2.49. The summed E-state index contributed by atoms with van der Waals surface area (Å²) < 4.78 is 10.1. The van der Waals surface area contributed by atoms with E-state index >= 15 is 0 Å². The van der Waals surface area contributed by atoms with Crippen molar-refractivity contribution in [1.29, 1.82) is 0 Å². The van der Waals surface area contributed by atoms with Crippen molar-refractivity contribution in [3.8, 4) is 5.75 Å². The second kappa shape index (κ2) is 7.31. The predicted molar refractivity (Wildman–Crippen MR) is 51.4 cm³/mol. The Balaban J connectivity index is 0.00000169. The van der Waals surface area contributed by atoms with Gasteiger partial charge in [-0.15, -0.1) is 0 Å². The Morgan fingerprint density at radius 1 is 1.43 bits per heavy atom. The fourth-order valence-electron chi connectivity index (χ4n) is 1.09. The Bertz CT molecular complexity index is 268. The summed E-state index contributed by atoms with van der Waals surface area (Å²) in [5, 5.41) is 0. The van der Waals surface area contributed by atoms with Gasteiger partial charge in [0.15, 0.2) is 0 Å². The molecule has 0 fully saturated rings. The molecule has 4 heteroatoms. The first-order valence-corrected chi connectivity index (χ1v) is 4.04. The molecule has 3 nitrogen and oxygen atoms in total. The summed E-state index contributed by atoms with van der Waals surface area (Å²) in [6.45, 7) is 3.81. The molecule has 0 radical (unpaired) electrons. The van der Waals surface area contributed by atoms with Crippen LogP contribution in [0.3, 0.4) is 0 Å². The number of rotatable bonds is 4. The summed E-state index contributed by atoms with van der Waals surface area (Å²) in [6.07, 6.45) is -0.714. The number of hydrogen-bond acceptors (Lipinski definition) is 2. The zero-order chi connectivity index (χ0) is 9.68. The molecule has 14 heavy (non-hydrogen) atoms. The SMILES string of the molecule is [CH2-]COC([NH-])c1ccccc1OC.[U+2]. The molecular weight excluding hydrogens is 404 g/mol. The third kappa shape index (κ3) is 3.63. The third-order valence-electron chi connectivity index (χ3n) is 1.71. The molecule has 1 N–H and O–H groups in total. The molecule has 0 aliphatic carbocycles. The Morgan fingerprint density at radius 3 is 2.64 bits per heavy atom. The van der Waals surface area contributed by atoms with Crippen molar-refractivity contribution in [3.05, 3.63) is 42.5 Å². The van der Waals surface area contributed by atoms with E-state index in [1.165, 1.54) is 0 Å². The van der Waals surface area contributed by atoms with Gasteiger partial charge in [0.05, 0.1) is 7.11 Å². The monoisotopic (exact) mass is 417 g/mol. The number of benzene rings is 1. The van der Waals surface area contributed by atoms with E-state index in [1.807, 2.05) is 24.3 Å². The minimum Gasteiger partial charge on any atom is -0.648 e. The van der Waals surface area contributed by atoms with Crippen LogP contribution in [0.1, 0.15) is 11.8 Å². The first-order chi connectivity index (χ1) is 6.29. The Hall–Kier alpha value is -0.00805. The Kier molecular flexibility index (Phi) is 7.30. The van der Waals surface area contributed by atoms with E-state index in [4.69, 9.17) is 15.2 Å². The van der Waals surface area contributed by atoms with Gasteiger partial charge in [0.25, 0.3) is 0 Å². The number of methoxy groups -OCH3 is 1. The molecule has 0 spiro atoms. The van der Waals surface area contributed by atoms with Crippen LogP contribution in [-0.4, -0.2) is 13.7 Å². The van der Waals surface area contributed by atoms with Crippen LogP contribution >= 0.6 is 0 Å². The fraction of sp³-hybridized carbons (Fsp3) is 0.300. The quantitative estimate of drug-likeness (QED) is 0.707. The molecule has 1 aromatic carbocycles. The van der Waals surface area contributed by atoms with Crippen LogP contribution < -0.4 is 4.74 Å². The van der Waals surface area contributed by atoms with Crippen LogP contribution in [-0.2, 0) is 4.74 Å². The predicted octanol–water partition coefficient (Wildman–Crippen LogP) is 2.60. The number of hydrogen-bond donors (Lipinski definition) is 0. The van der Waals surface area contributed by atoms with Crippen LogP contribution in [0.15, 0.2) is 24.3 Å². The first kappa shape index (κ1) is 14.0. The van der Waals surface area contributed by atoms with Gasteiger partial charge in [-0.25, -0.2) is 0 Å². The van der Waals surface area contributed by atoms with E-state index in [9.17, 15) is 0 Å². The molecule has 0 aliphatic heterocycles. The van der Waals surface area contributed by atoms with Crippen LogP contribution in [0, 0.1) is 38.0 Å². The molecule has 1 rings (SSSR count). The molecule has 74 valence electrons. The average Bonchev–Trinajstić information content (AvgIpc) is 2.18. The average molecular weight is 417 g/mol. The zero-order valence-electron chi connectivity index (χ0n) is 8.12. The summed E-state index contributed by atoms with van der Waals surface area (Å²) in [4.78, 5) is 0. The summed E-state index contributed by atoms with van der Waals surface area (Å²) in [7, 11) is 1.58. The van der Waals surface area contributed by atoms with E-state index in [-0.39, 0.29) is 37.7 Å². The minimum atomic E-state index is -0.714. The molecule has 0 saturated carbocycles. The van der Waals surface area contributed by atoms with E-state index in [1.54, 1.807) is 7.11 Å². The maximum absolute atomic E-state index is 7.61. The molecule has 1 atom stereocenters. The first-order valence-electron chi connectivity index (χ1n) is 4.04. The maximum Gasteiger partial charge on any atom is 2.00 e. The van der Waals surface area contributed by atoms with Gasteiger partial charge in [0.2, 0.25) is 0 Å². The number of nitrogens with one attached hydrogen (secondary N) is 1. The van der Waals surface area contributed by atoms with E-state index < -0.39 is 6.23 Å². The molecule has 0 amide bonds. The van der Waals surface area contributed by atoms with Gasteiger partial charge in [-0.3, -0.25) is 0 Å². The van der Waals surface area contributed by atoms with Crippen molar-refractivity contribution in [2.75, 3.05) is 13.7 Å². The number of para-hydroxylation sites is 1. The minimum absolute atomic E-state index is 0. The maximum atomic E-state index is 7.61. The van der Waals surface area contributed by atoms with Crippen molar-refractivity contribution in [2.45, 2.75) is 6.23 Å². The molecule has 0 saturated heterocycles. The van der Waals surface area contributed by atoms with Crippen molar-refractivity contribution in [1.82, 2.24) is 0 Å². The van der Waals surface area contributed by atoms with Crippen molar-refractivity contribution in [2.24, 2.45) is 0 Å². The third-order valence-corrected chi connectivity index (χ3v) is 1.71. The summed E-state index contributed by atoms with van der Waals surface area (Å²) in [5.74, 6) is 0.677. The molecule has 1 unspecified atom stereocenters. The molecule has 0 aromatic heterocycles. The van der Waals surface area contributed by atoms with Crippen molar-refractivity contribution >= 4 is 0 Å². The van der Waals surface area contributed by atoms with E-state index in [0.29, 0.717) is 5.75 Å². The van der Waals surface area contributed by atoms with Gasteiger partial charge < -0.3 is 22.1 Å². The summed E-state index contributed by atoms with van der Waals surface area (Å²) in [5.41, 5.74) is 8.35.